The summed E-state index contributed by atoms with van der Waals surface area (Å²) >= 11 is 0. The number of carbonyl (C=O) groups is 2. The van der Waals surface area contributed by atoms with Gasteiger partial charge in [-0.15, -0.1) is 0 Å². The van der Waals surface area contributed by atoms with E-state index in [0.717, 1.165) is 0 Å². The highest BCUT2D eigenvalue weighted by Crippen LogP contribution is 2.10. The first-order valence-electron chi connectivity index (χ1n) is 6.30. The second-order valence-corrected chi connectivity index (χ2v) is 4.33. The smallest absolute Gasteiger partial charge is 0.330 e. The third-order valence-corrected chi connectivity index (χ3v) is 3.08. The van der Waals surface area contributed by atoms with Crippen LogP contribution in [0.4, 0.5) is 0 Å². The van der Waals surface area contributed by atoms with Crippen molar-refractivity contribution in [3.8, 4) is 0 Å². The summed E-state index contributed by atoms with van der Waals surface area (Å²) in [4.78, 5) is 29.8. The van der Waals surface area contributed by atoms with E-state index >= 15 is 0 Å². The predicted molar refractivity (Wildman–Crippen MR) is 67.5 cm³/mol. The Morgan fingerprint density at radius 1 is 1.58 bits per heavy atom. The monoisotopic (exact) mass is 266 g/mol. The molecule has 1 aromatic heterocycles. The highest BCUT2D eigenvalue weighted by molar-refractivity contribution is 5.94. The zero-order chi connectivity index (χ0) is 13.8. The summed E-state index contributed by atoms with van der Waals surface area (Å²) in [6, 6.07) is -0.585. The normalized spacial score (nSPS) is 19.3. The minimum absolute atomic E-state index is 0.243. The largest absolute Gasteiger partial charge is 0.464 e. The van der Waals surface area contributed by atoms with Crippen molar-refractivity contribution >= 4 is 11.9 Å². The number of esters is 1. The maximum absolute atomic E-state index is 12.4. The van der Waals surface area contributed by atoms with Crippen LogP contribution in [0.1, 0.15) is 17.5 Å². The quantitative estimate of drug-likeness (QED) is 0.739. The Hall–Kier alpha value is -1.89. The fourth-order valence-electron chi connectivity index (χ4n) is 2.10. The number of imidazole rings is 1. The number of nitrogens with zero attached hydrogens (tertiary/aromatic N) is 3. The fourth-order valence-corrected chi connectivity index (χ4v) is 2.10. The Bertz CT molecular complexity index is 471. The second-order valence-electron chi connectivity index (χ2n) is 4.33. The number of amides is 1. The van der Waals surface area contributed by atoms with Crippen molar-refractivity contribution in [1.82, 2.24) is 19.8 Å². The Morgan fingerprint density at radius 2 is 2.37 bits per heavy atom. The van der Waals surface area contributed by atoms with Gasteiger partial charge in [-0.05, 0) is 6.92 Å². The van der Waals surface area contributed by atoms with Crippen LogP contribution >= 0.6 is 0 Å². The van der Waals surface area contributed by atoms with Crippen molar-refractivity contribution in [2.45, 2.75) is 13.0 Å². The molecule has 1 saturated heterocycles. The molecule has 0 radical (unpaired) electrons. The number of ether oxygens (including phenoxy) is 1. The number of hydrogen-bond acceptors (Lipinski definition) is 5. The van der Waals surface area contributed by atoms with Gasteiger partial charge in [-0.3, -0.25) is 4.79 Å². The molecule has 2 heterocycles. The standard InChI is InChI=1S/C12H18N4O3/c1-3-19-12(18)9-8-13-4-7-16(9)11(17)10-14-5-6-15(10)2/h5-6,9,13H,3-4,7-8H2,1-2H3. The van der Waals surface area contributed by atoms with Crippen LogP contribution in [-0.2, 0) is 16.6 Å². The average Bonchev–Trinajstić information content (AvgIpc) is 2.84. The van der Waals surface area contributed by atoms with Crippen molar-refractivity contribution in [2.24, 2.45) is 7.05 Å². The molecule has 1 aliphatic heterocycles. The third kappa shape index (κ3) is 2.76. The molecule has 2 rings (SSSR count). The zero-order valence-corrected chi connectivity index (χ0v) is 11.1. The van der Waals surface area contributed by atoms with Crippen molar-refractivity contribution in [1.29, 1.82) is 0 Å². The van der Waals surface area contributed by atoms with Gasteiger partial charge in [0.15, 0.2) is 5.82 Å². The molecule has 1 N–H and O–H groups in total. The van der Waals surface area contributed by atoms with Crippen LogP contribution in [0.3, 0.4) is 0 Å². The molecule has 7 nitrogen and oxygen atoms in total. The van der Waals surface area contributed by atoms with Crippen LogP contribution in [-0.4, -0.2) is 58.6 Å². The first kappa shape index (κ1) is 13.5. The summed E-state index contributed by atoms with van der Waals surface area (Å²) in [7, 11) is 1.75. The van der Waals surface area contributed by atoms with Gasteiger partial charge in [0.1, 0.15) is 6.04 Å². The highest BCUT2D eigenvalue weighted by Gasteiger charge is 2.34. The van der Waals surface area contributed by atoms with Crippen LogP contribution in [0, 0.1) is 0 Å². The van der Waals surface area contributed by atoms with E-state index in [1.807, 2.05) is 0 Å². The minimum Gasteiger partial charge on any atom is -0.464 e. The Labute approximate surface area is 111 Å². The molecule has 0 aromatic carbocycles. The van der Waals surface area contributed by atoms with E-state index in [2.05, 4.69) is 10.3 Å². The minimum atomic E-state index is -0.585. The van der Waals surface area contributed by atoms with Crippen molar-refractivity contribution in [3.05, 3.63) is 18.2 Å². The summed E-state index contributed by atoms with van der Waals surface area (Å²) < 4.78 is 6.65. The van der Waals surface area contributed by atoms with E-state index in [0.29, 0.717) is 32.1 Å². The van der Waals surface area contributed by atoms with Gasteiger partial charge in [0, 0.05) is 39.1 Å². The first-order chi connectivity index (χ1) is 9.15. The van der Waals surface area contributed by atoms with Crippen LogP contribution in [0.2, 0.25) is 0 Å². The van der Waals surface area contributed by atoms with Gasteiger partial charge < -0.3 is 19.5 Å². The zero-order valence-electron chi connectivity index (χ0n) is 11.1. The van der Waals surface area contributed by atoms with Crippen LogP contribution < -0.4 is 5.32 Å². The molecule has 1 amide bonds. The van der Waals surface area contributed by atoms with E-state index in [-0.39, 0.29) is 11.9 Å². The van der Waals surface area contributed by atoms with E-state index < -0.39 is 6.04 Å². The van der Waals surface area contributed by atoms with Gasteiger partial charge in [0.25, 0.3) is 5.91 Å². The Morgan fingerprint density at radius 3 is 3.00 bits per heavy atom. The molecule has 0 aliphatic carbocycles. The van der Waals surface area contributed by atoms with Crippen molar-refractivity contribution in [3.63, 3.8) is 0 Å². The van der Waals surface area contributed by atoms with E-state index in [9.17, 15) is 9.59 Å². The Kier molecular flexibility index (Phi) is 4.16. The summed E-state index contributed by atoms with van der Waals surface area (Å²) in [5.41, 5.74) is 0. The Balaban J connectivity index is 2.18. The molecule has 0 saturated carbocycles. The topological polar surface area (TPSA) is 76.5 Å². The molecule has 1 atom stereocenters. The number of rotatable bonds is 3. The third-order valence-electron chi connectivity index (χ3n) is 3.08. The summed E-state index contributed by atoms with van der Waals surface area (Å²) in [6.07, 6.45) is 3.27. The van der Waals surface area contributed by atoms with Crippen LogP contribution in [0.5, 0.6) is 0 Å². The molecular weight excluding hydrogens is 248 g/mol. The molecule has 1 aliphatic rings. The van der Waals surface area contributed by atoms with Gasteiger partial charge >= 0.3 is 5.97 Å². The lowest BCUT2D eigenvalue weighted by molar-refractivity contribution is -0.149. The molecule has 104 valence electrons. The molecular formula is C12H18N4O3. The average molecular weight is 266 g/mol. The van der Waals surface area contributed by atoms with Gasteiger partial charge in [0.2, 0.25) is 0 Å². The summed E-state index contributed by atoms with van der Waals surface area (Å²) in [5.74, 6) is -0.291. The summed E-state index contributed by atoms with van der Waals surface area (Å²) in [6.45, 7) is 3.59. The fraction of sp³-hybridized carbons (Fsp3) is 0.583. The van der Waals surface area contributed by atoms with Crippen molar-refractivity contribution < 1.29 is 14.3 Å². The first-order valence-corrected chi connectivity index (χ1v) is 6.30. The molecule has 19 heavy (non-hydrogen) atoms. The molecule has 1 fully saturated rings. The molecule has 0 spiro atoms. The lowest BCUT2D eigenvalue weighted by Gasteiger charge is -2.34. The SMILES string of the molecule is CCOC(=O)C1CNCCN1C(=O)c1nccn1C. The maximum Gasteiger partial charge on any atom is 0.330 e. The van der Waals surface area contributed by atoms with Gasteiger partial charge in [-0.25, -0.2) is 9.78 Å². The number of hydrogen-bond donors (Lipinski definition) is 1. The summed E-state index contributed by atoms with van der Waals surface area (Å²) in [5, 5.41) is 3.10. The van der Waals surface area contributed by atoms with Gasteiger partial charge in [-0.2, -0.15) is 0 Å². The number of piperazine rings is 1. The molecule has 1 unspecified atom stereocenters. The number of aromatic nitrogens is 2. The lowest BCUT2D eigenvalue weighted by atomic mass is 10.2. The van der Waals surface area contributed by atoms with Gasteiger partial charge in [-0.1, -0.05) is 0 Å². The predicted octanol–water partition coefficient (Wildman–Crippen LogP) is -0.603. The highest BCUT2D eigenvalue weighted by atomic mass is 16.5. The van der Waals surface area contributed by atoms with Gasteiger partial charge in [0.05, 0.1) is 6.61 Å². The van der Waals surface area contributed by atoms with E-state index in [1.54, 1.807) is 30.9 Å². The number of aryl methyl sites for hydroxylation is 1. The number of carbonyl (C=O) groups excluding carboxylic acids is 2. The maximum atomic E-state index is 12.4. The second kappa shape index (κ2) is 5.83. The molecule has 1 aromatic rings. The van der Waals surface area contributed by atoms with Crippen LogP contribution in [0.25, 0.3) is 0 Å². The van der Waals surface area contributed by atoms with E-state index in [4.69, 9.17) is 4.74 Å². The lowest BCUT2D eigenvalue weighted by Crippen LogP contribution is -2.57. The molecule has 0 bridgehead atoms. The molecule has 7 heteroatoms. The van der Waals surface area contributed by atoms with E-state index in [1.165, 1.54) is 4.90 Å². The van der Waals surface area contributed by atoms with Crippen molar-refractivity contribution in [2.75, 3.05) is 26.2 Å². The van der Waals surface area contributed by atoms with Crippen LogP contribution in [0.15, 0.2) is 12.4 Å². The number of nitrogens with one attached hydrogen (secondary N) is 1.